The first-order chi connectivity index (χ1) is 16.4. The highest BCUT2D eigenvalue weighted by Gasteiger charge is 2.49. The van der Waals surface area contributed by atoms with Crippen molar-refractivity contribution < 1.29 is 23.5 Å². The van der Waals surface area contributed by atoms with Crippen molar-refractivity contribution in [3.63, 3.8) is 0 Å². The number of rotatable bonds is 6. The Balaban J connectivity index is 1.90. The van der Waals surface area contributed by atoms with Gasteiger partial charge in [0.2, 0.25) is 0 Å². The molecule has 0 radical (unpaired) electrons. The lowest BCUT2D eigenvalue weighted by atomic mass is 9.90. The van der Waals surface area contributed by atoms with Crippen LogP contribution in [0.2, 0.25) is 0 Å². The van der Waals surface area contributed by atoms with Crippen molar-refractivity contribution in [3.05, 3.63) is 82.9 Å². The number of benzene rings is 2. The summed E-state index contributed by atoms with van der Waals surface area (Å²) in [6, 6.07) is 13.7. The standard InChI is InChI=1S/C26H24FN3O4/c1-4-34-26(32)25-22(31)14-23-29(2)24(16-9-11-18(33-3)12-10-16)19(15-28)21(30(23)25)13-17-7-5-6-8-20(17)27/h5-12,14,21,25H,4,13H2,1-3H3. The lowest BCUT2D eigenvalue weighted by Gasteiger charge is -2.44. The number of nitriles is 1. The summed E-state index contributed by atoms with van der Waals surface area (Å²) in [7, 11) is 3.30. The van der Waals surface area contributed by atoms with Gasteiger partial charge in [-0.1, -0.05) is 18.2 Å². The maximum Gasteiger partial charge on any atom is 0.337 e. The summed E-state index contributed by atoms with van der Waals surface area (Å²) < 4.78 is 25.1. The van der Waals surface area contributed by atoms with Crippen LogP contribution in [0.4, 0.5) is 4.39 Å². The smallest absolute Gasteiger partial charge is 0.337 e. The number of hydrogen-bond donors (Lipinski definition) is 0. The summed E-state index contributed by atoms with van der Waals surface area (Å²) in [5.74, 6) is -0.450. The molecule has 2 aliphatic heterocycles. The SMILES string of the molecule is CCOC(=O)C1C(=O)C=C2N(C)C(c3ccc(OC)cc3)=C(C#N)C(Cc3ccccc3F)N21. The summed E-state index contributed by atoms with van der Waals surface area (Å²) in [5, 5.41) is 10.3. The van der Waals surface area contributed by atoms with Crippen molar-refractivity contribution in [1.82, 2.24) is 9.80 Å². The highest BCUT2D eigenvalue weighted by molar-refractivity contribution is 6.11. The number of fused-ring (bicyclic) bond motifs is 1. The van der Waals surface area contributed by atoms with Crippen LogP contribution < -0.4 is 4.74 Å². The fourth-order valence-electron chi connectivity index (χ4n) is 4.50. The van der Waals surface area contributed by atoms with Crippen LogP contribution >= 0.6 is 0 Å². The molecule has 0 fully saturated rings. The largest absolute Gasteiger partial charge is 0.497 e. The van der Waals surface area contributed by atoms with Gasteiger partial charge >= 0.3 is 5.97 Å². The normalized spacial score (nSPS) is 19.5. The van der Waals surface area contributed by atoms with Gasteiger partial charge in [0.1, 0.15) is 17.4 Å². The Bertz CT molecular complexity index is 1230. The van der Waals surface area contributed by atoms with E-state index in [4.69, 9.17) is 9.47 Å². The molecule has 2 heterocycles. The highest BCUT2D eigenvalue weighted by atomic mass is 19.1. The number of carbonyl (C=O) groups excluding carboxylic acids is 2. The number of nitrogens with zero attached hydrogens (tertiary/aromatic N) is 3. The van der Waals surface area contributed by atoms with E-state index in [0.29, 0.717) is 28.4 Å². The van der Waals surface area contributed by atoms with Crippen LogP contribution in [0.1, 0.15) is 18.1 Å². The summed E-state index contributed by atoms with van der Waals surface area (Å²) in [6.45, 7) is 1.77. The van der Waals surface area contributed by atoms with E-state index in [-0.39, 0.29) is 13.0 Å². The topological polar surface area (TPSA) is 82.9 Å². The summed E-state index contributed by atoms with van der Waals surface area (Å²) in [6.07, 6.45) is 1.47. The molecule has 2 unspecified atom stereocenters. The first kappa shape index (κ1) is 23.1. The molecule has 7 nitrogen and oxygen atoms in total. The van der Waals surface area contributed by atoms with Gasteiger partial charge in [0.05, 0.1) is 37.1 Å². The maximum absolute atomic E-state index is 14.6. The number of ether oxygens (including phenoxy) is 2. The Kier molecular flexibility index (Phi) is 6.37. The zero-order chi connectivity index (χ0) is 24.4. The van der Waals surface area contributed by atoms with Crippen molar-refractivity contribution in [1.29, 1.82) is 5.26 Å². The molecule has 0 saturated heterocycles. The van der Waals surface area contributed by atoms with E-state index >= 15 is 0 Å². The number of hydrogen-bond acceptors (Lipinski definition) is 7. The van der Waals surface area contributed by atoms with Crippen molar-refractivity contribution in [2.75, 3.05) is 20.8 Å². The first-order valence-electron chi connectivity index (χ1n) is 10.9. The lowest BCUT2D eigenvalue weighted by Crippen LogP contribution is -2.53. The summed E-state index contributed by atoms with van der Waals surface area (Å²) in [5.41, 5.74) is 1.99. The minimum absolute atomic E-state index is 0.0869. The van der Waals surface area contributed by atoms with Crippen LogP contribution in [-0.2, 0) is 20.7 Å². The van der Waals surface area contributed by atoms with Crippen molar-refractivity contribution in [2.24, 2.45) is 0 Å². The predicted octanol–water partition coefficient (Wildman–Crippen LogP) is 3.28. The summed E-state index contributed by atoms with van der Waals surface area (Å²) >= 11 is 0. The quantitative estimate of drug-likeness (QED) is 0.482. The van der Waals surface area contributed by atoms with E-state index in [1.54, 1.807) is 61.2 Å². The van der Waals surface area contributed by atoms with Crippen LogP contribution in [0.5, 0.6) is 5.75 Å². The Morgan fingerprint density at radius 1 is 1.18 bits per heavy atom. The molecule has 0 bridgehead atoms. The minimum Gasteiger partial charge on any atom is -0.497 e. The van der Waals surface area contributed by atoms with Crippen molar-refractivity contribution >= 4 is 17.4 Å². The van der Waals surface area contributed by atoms with E-state index in [9.17, 15) is 19.2 Å². The number of carbonyl (C=O) groups is 2. The van der Waals surface area contributed by atoms with E-state index < -0.39 is 29.7 Å². The molecule has 2 aromatic carbocycles. The molecular formula is C26H24FN3O4. The zero-order valence-electron chi connectivity index (χ0n) is 19.1. The van der Waals surface area contributed by atoms with Gasteiger partial charge in [0, 0.05) is 19.5 Å². The molecule has 0 saturated carbocycles. The van der Waals surface area contributed by atoms with Crippen LogP contribution in [0, 0.1) is 17.1 Å². The van der Waals surface area contributed by atoms with Gasteiger partial charge in [-0.2, -0.15) is 5.26 Å². The van der Waals surface area contributed by atoms with Gasteiger partial charge < -0.3 is 19.3 Å². The monoisotopic (exact) mass is 461 g/mol. The molecule has 2 atom stereocenters. The first-order valence-corrected chi connectivity index (χ1v) is 10.9. The summed E-state index contributed by atoms with van der Waals surface area (Å²) in [4.78, 5) is 29.0. The maximum atomic E-state index is 14.6. The van der Waals surface area contributed by atoms with Crippen molar-refractivity contribution in [2.45, 2.75) is 25.4 Å². The second kappa shape index (κ2) is 9.40. The molecule has 174 valence electrons. The van der Waals surface area contributed by atoms with Crippen LogP contribution in [0.15, 0.2) is 66.0 Å². The molecule has 34 heavy (non-hydrogen) atoms. The van der Waals surface area contributed by atoms with E-state index in [1.807, 2.05) is 12.1 Å². The molecule has 8 heteroatoms. The lowest BCUT2D eigenvalue weighted by molar-refractivity contribution is -0.151. The highest BCUT2D eigenvalue weighted by Crippen LogP contribution is 2.41. The number of methoxy groups -OCH3 is 1. The average Bonchev–Trinajstić information content (AvgIpc) is 3.19. The number of esters is 1. The third kappa shape index (κ3) is 3.90. The third-order valence-corrected chi connectivity index (χ3v) is 6.05. The zero-order valence-corrected chi connectivity index (χ0v) is 19.1. The van der Waals surface area contributed by atoms with Gasteiger partial charge in [-0.15, -0.1) is 0 Å². The van der Waals surface area contributed by atoms with Crippen LogP contribution in [-0.4, -0.2) is 54.4 Å². The molecular weight excluding hydrogens is 437 g/mol. The Labute approximate surface area is 197 Å². The van der Waals surface area contributed by atoms with Gasteiger partial charge in [-0.25, -0.2) is 9.18 Å². The van der Waals surface area contributed by atoms with E-state index in [1.165, 1.54) is 12.1 Å². The predicted molar refractivity (Wildman–Crippen MR) is 123 cm³/mol. The van der Waals surface area contributed by atoms with Crippen molar-refractivity contribution in [3.8, 4) is 11.8 Å². The average molecular weight is 461 g/mol. The van der Waals surface area contributed by atoms with E-state index in [2.05, 4.69) is 6.07 Å². The molecule has 2 aromatic rings. The minimum atomic E-state index is -1.24. The second-order valence-corrected chi connectivity index (χ2v) is 7.94. The molecule has 0 N–H and O–H groups in total. The van der Waals surface area contributed by atoms with Crippen LogP contribution in [0.3, 0.4) is 0 Å². The molecule has 0 aromatic heterocycles. The third-order valence-electron chi connectivity index (χ3n) is 6.05. The molecule has 0 amide bonds. The van der Waals surface area contributed by atoms with E-state index in [0.717, 1.165) is 5.56 Å². The molecule has 0 spiro atoms. The van der Waals surface area contributed by atoms with Gasteiger partial charge in [0.15, 0.2) is 11.8 Å². The van der Waals surface area contributed by atoms with Gasteiger partial charge in [-0.3, -0.25) is 4.79 Å². The molecule has 4 rings (SSSR count). The van der Waals surface area contributed by atoms with Gasteiger partial charge in [0.25, 0.3) is 0 Å². The number of ketones is 1. The fraction of sp³-hybridized carbons (Fsp3) is 0.269. The molecule has 2 aliphatic rings. The number of halogens is 1. The second-order valence-electron chi connectivity index (χ2n) is 7.94. The Morgan fingerprint density at radius 3 is 2.50 bits per heavy atom. The van der Waals surface area contributed by atoms with Crippen LogP contribution in [0.25, 0.3) is 5.70 Å². The fourth-order valence-corrected chi connectivity index (χ4v) is 4.50. The van der Waals surface area contributed by atoms with Gasteiger partial charge in [-0.05, 0) is 48.4 Å². The Hall–Kier alpha value is -4.12. The molecule has 0 aliphatic carbocycles. The Morgan fingerprint density at radius 2 is 1.88 bits per heavy atom.